The lowest BCUT2D eigenvalue weighted by atomic mass is 10.2. The van der Waals surface area contributed by atoms with Crippen LogP contribution in [0.5, 0.6) is 0 Å². The first-order valence-corrected chi connectivity index (χ1v) is 7.00. The van der Waals surface area contributed by atoms with E-state index in [-0.39, 0.29) is 11.3 Å². The van der Waals surface area contributed by atoms with E-state index >= 15 is 0 Å². The van der Waals surface area contributed by atoms with Gasteiger partial charge in [-0.1, -0.05) is 23.4 Å². The fourth-order valence-corrected chi connectivity index (χ4v) is 2.88. The SMILES string of the molecule is COC1=NC2=CCN(C(=O)OC(C)Cl)CCC2S1. The first-order valence-electron chi connectivity index (χ1n) is 5.69. The summed E-state index contributed by atoms with van der Waals surface area (Å²) in [5.41, 5.74) is 0.367. The predicted octanol–water partition coefficient (Wildman–Crippen LogP) is 2.42. The van der Waals surface area contributed by atoms with Gasteiger partial charge in [-0.25, -0.2) is 9.79 Å². The van der Waals surface area contributed by atoms with Crippen molar-refractivity contribution in [1.82, 2.24) is 4.90 Å². The summed E-state index contributed by atoms with van der Waals surface area (Å²) in [7, 11) is 1.61. The zero-order valence-electron chi connectivity index (χ0n) is 10.3. The zero-order valence-corrected chi connectivity index (χ0v) is 11.8. The number of alkyl halides is 1. The molecule has 2 atom stereocenters. The Morgan fingerprint density at radius 2 is 2.50 bits per heavy atom. The van der Waals surface area contributed by atoms with E-state index in [9.17, 15) is 4.79 Å². The lowest BCUT2D eigenvalue weighted by Gasteiger charge is -2.20. The number of ether oxygens (including phenoxy) is 2. The third-order valence-electron chi connectivity index (χ3n) is 2.67. The highest BCUT2D eigenvalue weighted by Gasteiger charge is 2.30. The number of hydrogen-bond acceptors (Lipinski definition) is 5. The molecule has 100 valence electrons. The van der Waals surface area contributed by atoms with Gasteiger partial charge in [0.15, 0.2) is 5.56 Å². The Kier molecular flexibility index (Phi) is 4.40. The van der Waals surface area contributed by atoms with Crippen LogP contribution in [-0.4, -0.2) is 47.2 Å². The van der Waals surface area contributed by atoms with Gasteiger partial charge in [-0.3, -0.25) is 0 Å². The number of fused-ring (bicyclic) bond motifs is 1. The van der Waals surface area contributed by atoms with Crippen LogP contribution in [0.15, 0.2) is 16.8 Å². The van der Waals surface area contributed by atoms with Gasteiger partial charge >= 0.3 is 6.09 Å². The molecule has 2 heterocycles. The predicted molar refractivity (Wildman–Crippen MR) is 71.9 cm³/mol. The number of amides is 1. The van der Waals surface area contributed by atoms with Gasteiger partial charge in [0.2, 0.25) is 0 Å². The molecular weight excluding hydrogens is 276 g/mol. The van der Waals surface area contributed by atoms with Crippen LogP contribution in [0.4, 0.5) is 4.79 Å². The van der Waals surface area contributed by atoms with Gasteiger partial charge in [-0.15, -0.1) is 0 Å². The van der Waals surface area contributed by atoms with E-state index in [0.29, 0.717) is 18.3 Å². The molecule has 0 aromatic heterocycles. The van der Waals surface area contributed by atoms with Crippen molar-refractivity contribution in [2.45, 2.75) is 24.2 Å². The topological polar surface area (TPSA) is 51.1 Å². The molecule has 0 spiro atoms. The van der Waals surface area contributed by atoms with Crippen molar-refractivity contribution in [3.63, 3.8) is 0 Å². The maximum atomic E-state index is 11.7. The molecule has 2 aliphatic rings. The summed E-state index contributed by atoms with van der Waals surface area (Å²) in [6.45, 7) is 2.75. The Morgan fingerprint density at radius 1 is 1.72 bits per heavy atom. The van der Waals surface area contributed by atoms with E-state index in [1.54, 1.807) is 30.7 Å². The Balaban J connectivity index is 1.99. The summed E-state index contributed by atoms with van der Waals surface area (Å²) < 4.78 is 10.1. The van der Waals surface area contributed by atoms with Crippen LogP contribution in [0.25, 0.3) is 0 Å². The quantitative estimate of drug-likeness (QED) is 0.696. The first-order chi connectivity index (χ1) is 8.60. The maximum absolute atomic E-state index is 11.7. The molecule has 0 aliphatic carbocycles. The third-order valence-corrected chi connectivity index (χ3v) is 3.98. The van der Waals surface area contributed by atoms with E-state index in [0.717, 1.165) is 12.1 Å². The van der Waals surface area contributed by atoms with Gasteiger partial charge in [-0.2, -0.15) is 0 Å². The fourth-order valence-electron chi connectivity index (χ4n) is 1.81. The molecule has 2 aliphatic heterocycles. The second-order valence-corrected chi connectivity index (χ2v) is 5.75. The molecule has 0 saturated heterocycles. The van der Waals surface area contributed by atoms with Crippen LogP contribution in [0.3, 0.4) is 0 Å². The molecule has 1 amide bonds. The van der Waals surface area contributed by atoms with E-state index in [2.05, 4.69) is 4.99 Å². The van der Waals surface area contributed by atoms with Gasteiger partial charge in [0.1, 0.15) is 0 Å². The number of hydrogen-bond donors (Lipinski definition) is 0. The summed E-state index contributed by atoms with van der Waals surface area (Å²) in [6, 6.07) is 0. The molecule has 0 fully saturated rings. The van der Waals surface area contributed by atoms with Crippen molar-refractivity contribution in [2.75, 3.05) is 20.2 Å². The molecule has 5 nitrogen and oxygen atoms in total. The first kappa shape index (κ1) is 13.5. The molecule has 0 bridgehead atoms. The highest BCUT2D eigenvalue weighted by Crippen LogP contribution is 2.34. The normalized spacial score (nSPS) is 24.6. The lowest BCUT2D eigenvalue weighted by molar-refractivity contribution is 0.0999. The number of thioether (sulfide) groups is 1. The average Bonchev–Trinajstić information content (AvgIpc) is 2.61. The van der Waals surface area contributed by atoms with Crippen LogP contribution in [0.2, 0.25) is 0 Å². The number of carbonyl (C=O) groups is 1. The Bertz CT molecular complexity index is 398. The number of methoxy groups -OCH3 is 1. The molecule has 0 N–H and O–H groups in total. The summed E-state index contributed by atoms with van der Waals surface area (Å²) >= 11 is 7.23. The fraction of sp³-hybridized carbons (Fsp3) is 0.636. The van der Waals surface area contributed by atoms with E-state index in [1.165, 1.54) is 0 Å². The van der Waals surface area contributed by atoms with E-state index in [4.69, 9.17) is 21.1 Å². The highest BCUT2D eigenvalue weighted by molar-refractivity contribution is 8.14. The van der Waals surface area contributed by atoms with Crippen molar-refractivity contribution in [3.05, 3.63) is 11.8 Å². The molecule has 7 heteroatoms. The van der Waals surface area contributed by atoms with Gasteiger partial charge in [0, 0.05) is 13.1 Å². The Hall–Kier alpha value is -0.880. The molecule has 0 saturated carbocycles. The molecule has 0 aromatic carbocycles. The van der Waals surface area contributed by atoms with Crippen LogP contribution in [0, 0.1) is 0 Å². The smallest absolute Gasteiger partial charge is 0.411 e. The molecule has 2 unspecified atom stereocenters. The summed E-state index contributed by atoms with van der Waals surface area (Å²) in [5, 5.41) is 0.961. The van der Waals surface area contributed by atoms with Gasteiger partial charge < -0.3 is 14.4 Å². The van der Waals surface area contributed by atoms with Gasteiger partial charge in [0.25, 0.3) is 5.23 Å². The minimum Gasteiger partial charge on any atom is -0.476 e. The van der Waals surface area contributed by atoms with Crippen LogP contribution >= 0.6 is 23.4 Å². The number of halogens is 1. The number of nitrogens with zero attached hydrogens (tertiary/aromatic N) is 2. The molecule has 18 heavy (non-hydrogen) atoms. The van der Waals surface area contributed by atoms with E-state index < -0.39 is 5.56 Å². The van der Waals surface area contributed by atoms with Crippen LogP contribution in [-0.2, 0) is 9.47 Å². The van der Waals surface area contributed by atoms with Crippen LogP contribution in [0.1, 0.15) is 13.3 Å². The molecule has 0 aromatic rings. The summed E-state index contributed by atoms with van der Waals surface area (Å²) in [5.74, 6) is 0. The van der Waals surface area contributed by atoms with Gasteiger partial charge in [0.05, 0.1) is 18.1 Å². The van der Waals surface area contributed by atoms with Crippen molar-refractivity contribution in [3.8, 4) is 0 Å². The minimum atomic E-state index is -0.611. The average molecular weight is 291 g/mol. The van der Waals surface area contributed by atoms with Gasteiger partial charge in [-0.05, 0) is 19.4 Å². The maximum Gasteiger partial charge on any atom is 0.411 e. The summed E-state index contributed by atoms with van der Waals surface area (Å²) in [6.07, 6.45) is 2.39. The largest absolute Gasteiger partial charge is 0.476 e. The minimum absolute atomic E-state index is 0.270. The van der Waals surface area contributed by atoms with Crippen molar-refractivity contribution in [2.24, 2.45) is 4.99 Å². The molecule has 0 radical (unpaired) electrons. The Morgan fingerprint density at radius 3 is 3.17 bits per heavy atom. The molecular formula is C11H15ClN2O3S. The monoisotopic (exact) mass is 290 g/mol. The molecule has 2 rings (SSSR count). The lowest BCUT2D eigenvalue weighted by Crippen LogP contribution is -2.33. The van der Waals surface area contributed by atoms with Crippen molar-refractivity contribution in [1.29, 1.82) is 0 Å². The standard InChI is InChI=1S/C11H15ClN2O3S/c1-7(12)17-11(15)14-5-3-8-9(4-6-14)18-10(13-8)16-2/h3,7,9H,4-6H2,1-2H3. The van der Waals surface area contributed by atoms with Crippen molar-refractivity contribution >= 4 is 34.7 Å². The van der Waals surface area contributed by atoms with Crippen LogP contribution < -0.4 is 0 Å². The number of aliphatic imine (C=N–C) groups is 1. The van der Waals surface area contributed by atoms with E-state index in [1.807, 2.05) is 6.08 Å². The second-order valence-electron chi connectivity index (χ2n) is 3.98. The second kappa shape index (κ2) is 5.84. The zero-order chi connectivity index (χ0) is 13.1. The third kappa shape index (κ3) is 3.11. The number of carbonyl (C=O) groups excluding carboxylic acids is 1. The number of rotatable bonds is 1. The van der Waals surface area contributed by atoms with Crippen molar-refractivity contribution < 1.29 is 14.3 Å². The highest BCUT2D eigenvalue weighted by atomic mass is 35.5. The Labute approximate surface area is 115 Å². The summed E-state index contributed by atoms with van der Waals surface area (Å²) in [4.78, 5) is 17.7.